The van der Waals surface area contributed by atoms with E-state index in [0.717, 1.165) is 10.5 Å². The second-order valence-corrected chi connectivity index (χ2v) is 8.91. The molecule has 3 heterocycles. The molecular formula is C24H22ClN3O5. The van der Waals surface area contributed by atoms with E-state index in [1.807, 2.05) is 35.2 Å². The second kappa shape index (κ2) is 7.97. The van der Waals surface area contributed by atoms with Crippen LogP contribution < -0.4 is 10.2 Å². The average molecular weight is 468 g/mol. The first-order valence-electron chi connectivity index (χ1n) is 10.7. The van der Waals surface area contributed by atoms with E-state index >= 15 is 0 Å². The standard InChI is InChI=1S/C24H22ClN3O5/c1-33-17(29)13-24-19-18(21(30)28(22(19)31)16-9-5-8-15(25)12-16)20(14-6-3-2-4-7-14)27(24)11-10-26-23(24)32/h2-9,12,18-20H,10-11,13H2,1H3,(H,26,32)/t18-,19+,20-,24+/m0/s1. The van der Waals surface area contributed by atoms with Crippen LogP contribution >= 0.6 is 11.6 Å². The number of nitrogens with zero attached hydrogens (tertiary/aromatic N) is 2. The summed E-state index contributed by atoms with van der Waals surface area (Å²) in [5, 5.41) is 3.20. The number of halogens is 1. The Hall–Kier alpha value is -3.23. The van der Waals surface area contributed by atoms with E-state index < -0.39 is 47.1 Å². The highest BCUT2D eigenvalue weighted by atomic mass is 35.5. The number of piperazine rings is 1. The lowest BCUT2D eigenvalue weighted by Gasteiger charge is -2.45. The Morgan fingerprint density at radius 2 is 1.88 bits per heavy atom. The van der Waals surface area contributed by atoms with Gasteiger partial charge in [0, 0.05) is 24.2 Å². The predicted molar refractivity (Wildman–Crippen MR) is 119 cm³/mol. The molecule has 0 saturated carbocycles. The van der Waals surface area contributed by atoms with Crippen molar-refractivity contribution < 1.29 is 23.9 Å². The third-order valence-corrected chi connectivity index (χ3v) is 7.17. The van der Waals surface area contributed by atoms with Gasteiger partial charge in [-0.1, -0.05) is 48.0 Å². The number of nitrogens with one attached hydrogen (secondary N) is 1. The number of imide groups is 1. The Morgan fingerprint density at radius 1 is 1.12 bits per heavy atom. The van der Waals surface area contributed by atoms with Crippen LogP contribution in [-0.2, 0) is 23.9 Å². The van der Waals surface area contributed by atoms with E-state index in [9.17, 15) is 19.2 Å². The lowest BCUT2D eigenvalue weighted by atomic mass is 9.76. The van der Waals surface area contributed by atoms with E-state index in [1.54, 1.807) is 24.3 Å². The number of fused-ring (bicyclic) bond motifs is 3. The molecule has 170 valence electrons. The number of amides is 3. The average Bonchev–Trinajstić information content (AvgIpc) is 3.25. The molecular weight excluding hydrogens is 446 g/mol. The molecule has 0 aliphatic carbocycles. The van der Waals surface area contributed by atoms with Gasteiger partial charge in [-0.05, 0) is 23.8 Å². The minimum absolute atomic E-state index is 0.331. The maximum Gasteiger partial charge on any atom is 0.307 e. The Balaban J connectivity index is 1.71. The lowest BCUT2D eigenvalue weighted by Crippen LogP contribution is -2.67. The van der Waals surface area contributed by atoms with Crippen LogP contribution in [0.4, 0.5) is 5.69 Å². The fraction of sp³-hybridized carbons (Fsp3) is 0.333. The normalized spacial score (nSPS) is 29.0. The summed E-state index contributed by atoms with van der Waals surface area (Å²) in [4.78, 5) is 56.6. The minimum atomic E-state index is -1.53. The van der Waals surface area contributed by atoms with Gasteiger partial charge in [-0.15, -0.1) is 0 Å². The first-order valence-corrected chi connectivity index (χ1v) is 11.1. The molecule has 3 aliphatic heterocycles. The van der Waals surface area contributed by atoms with Crippen LogP contribution in [0.1, 0.15) is 18.0 Å². The maximum atomic E-state index is 13.9. The lowest BCUT2D eigenvalue weighted by molar-refractivity contribution is -0.154. The highest BCUT2D eigenvalue weighted by Gasteiger charge is 2.73. The van der Waals surface area contributed by atoms with Crippen molar-refractivity contribution in [1.82, 2.24) is 10.2 Å². The van der Waals surface area contributed by atoms with Crippen LogP contribution in [0.3, 0.4) is 0 Å². The number of ether oxygens (including phenoxy) is 1. The number of esters is 1. The number of anilines is 1. The van der Waals surface area contributed by atoms with Crippen molar-refractivity contribution in [2.24, 2.45) is 11.8 Å². The number of benzene rings is 2. The molecule has 0 unspecified atom stereocenters. The zero-order valence-corrected chi connectivity index (χ0v) is 18.6. The van der Waals surface area contributed by atoms with Gasteiger partial charge in [-0.25, -0.2) is 4.90 Å². The number of carbonyl (C=O) groups excluding carboxylic acids is 4. The van der Waals surface area contributed by atoms with Gasteiger partial charge in [0.25, 0.3) is 0 Å². The third-order valence-electron chi connectivity index (χ3n) is 6.93. The molecule has 2 aromatic rings. The van der Waals surface area contributed by atoms with Crippen molar-refractivity contribution in [2.45, 2.75) is 18.0 Å². The van der Waals surface area contributed by atoms with Crippen LogP contribution in [0.2, 0.25) is 5.02 Å². The first kappa shape index (κ1) is 21.6. The summed E-state index contributed by atoms with van der Waals surface area (Å²) in [6.45, 7) is 0.748. The molecule has 2 aromatic carbocycles. The smallest absolute Gasteiger partial charge is 0.307 e. The molecule has 0 radical (unpaired) electrons. The summed E-state index contributed by atoms with van der Waals surface area (Å²) in [7, 11) is 1.24. The summed E-state index contributed by atoms with van der Waals surface area (Å²) < 4.78 is 4.91. The van der Waals surface area contributed by atoms with Crippen molar-refractivity contribution >= 4 is 41.0 Å². The van der Waals surface area contributed by atoms with Gasteiger partial charge in [-0.3, -0.25) is 24.1 Å². The van der Waals surface area contributed by atoms with Crippen LogP contribution in [0, 0.1) is 11.8 Å². The molecule has 3 fully saturated rings. The van der Waals surface area contributed by atoms with Gasteiger partial charge in [0.15, 0.2) is 0 Å². The fourth-order valence-electron chi connectivity index (χ4n) is 5.68. The highest BCUT2D eigenvalue weighted by Crippen LogP contribution is 2.57. The van der Waals surface area contributed by atoms with Crippen molar-refractivity contribution in [3.8, 4) is 0 Å². The van der Waals surface area contributed by atoms with E-state index in [-0.39, 0.29) is 6.42 Å². The molecule has 33 heavy (non-hydrogen) atoms. The molecule has 0 bridgehead atoms. The van der Waals surface area contributed by atoms with Gasteiger partial charge in [0.2, 0.25) is 17.7 Å². The fourth-order valence-corrected chi connectivity index (χ4v) is 5.86. The Bertz CT molecular complexity index is 1160. The van der Waals surface area contributed by atoms with Crippen LogP contribution in [0.15, 0.2) is 54.6 Å². The molecule has 3 saturated heterocycles. The number of hydrogen-bond acceptors (Lipinski definition) is 6. The van der Waals surface area contributed by atoms with Crippen molar-refractivity contribution in [3.05, 3.63) is 65.2 Å². The van der Waals surface area contributed by atoms with Gasteiger partial charge >= 0.3 is 5.97 Å². The van der Waals surface area contributed by atoms with Crippen molar-refractivity contribution in [3.63, 3.8) is 0 Å². The van der Waals surface area contributed by atoms with E-state index in [1.165, 1.54) is 7.11 Å². The minimum Gasteiger partial charge on any atom is -0.469 e. The maximum absolute atomic E-state index is 13.9. The van der Waals surface area contributed by atoms with Gasteiger partial charge in [0.05, 0.1) is 31.1 Å². The number of hydrogen-bond donors (Lipinski definition) is 1. The molecule has 8 nitrogen and oxygen atoms in total. The summed E-state index contributed by atoms with van der Waals surface area (Å²) in [5.74, 6) is -3.88. The number of carbonyl (C=O) groups is 4. The highest BCUT2D eigenvalue weighted by molar-refractivity contribution is 6.31. The van der Waals surface area contributed by atoms with Crippen molar-refractivity contribution in [2.75, 3.05) is 25.1 Å². The molecule has 3 aliphatic rings. The SMILES string of the molecule is COC(=O)C[C@@]12C(=O)NCCN1[C@@H](c1ccccc1)[C@H]1C(=O)N(c3cccc(Cl)c3)C(=O)[C@@H]12. The first-order chi connectivity index (χ1) is 15.9. The largest absolute Gasteiger partial charge is 0.469 e. The Labute approximate surface area is 195 Å². The van der Waals surface area contributed by atoms with Gasteiger partial charge in [0.1, 0.15) is 5.54 Å². The Morgan fingerprint density at radius 3 is 2.58 bits per heavy atom. The van der Waals surface area contributed by atoms with E-state index in [0.29, 0.717) is 23.8 Å². The van der Waals surface area contributed by atoms with Gasteiger partial charge < -0.3 is 10.1 Å². The summed E-state index contributed by atoms with van der Waals surface area (Å²) in [6.07, 6.45) is -0.331. The predicted octanol–water partition coefficient (Wildman–Crippen LogP) is 1.93. The second-order valence-electron chi connectivity index (χ2n) is 8.48. The molecule has 3 amide bonds. The molecule has 0 aromatic heterocycles. The van der Waals surface area contributed by atoms with E-state index in [4.69, 9.17) is 16.3 Å². The third kappa shape index (κ3) is 3.08. The van der Waals surface area contributed by atoms with E-state index in [2.05, 4.69) is 5.32 Å². The summed E-state index contributed by atoms with van der Waals surface area (Å²) in [6, 6.07) is 15.3. The number of rotatable bonds is 4. The van der Waals surface area contributed by atoms with Gasteiger partial charge in [-0.2, -0.15) is 0 Å². The molecule has 9 heteroatoms. The molecule has 0 spiro atoms. The Kier molecular flexibility index (Phi) is 5.22. The van der Waals surface area contributed by atoms with Crippen molar-refractivity contribution in [1.29, 1.82) is 0 Å². The molecule has 5 rings (SSSR count). The summed E-state index contributed by atoms with van der Waals surface area (Å²) in [5.41, 5.74) is -0.380. The zero-order valence-electron chi connectivity index (χ0n) is 17.9. The van der Waals surface area contributed by atoms with Crippen LogP contribution in [0.5, 0.6) is 0 Å². The zero-order chi connectivity index (χ0) is 23.3. The summed E-state index contributed by atoms with van der Waals surface area (Å²) >= 11 is 6.13. The van der Waals surface area contributed by atoms with Crippen LogP contribution in [0.25, 0.3) is 0 Å². The molecule has 4 atom stereocenters. The topological polar surface area (TPSA) is 96.0 Å². The molecule has 1 N–H and O–H groups in total. The number of methoxy groups -OCH3 is 1. The quantitative estimate of drug-likeness (QED) is 0.545. The van der Waals surface area contributed by atoms with Crippen LogP contribution in [-0.4, -0.2) is 54.3 Å². The monoisotopic (exact) mass is 467 g/mol.